The van der Waals surface area contributed by atoms with Crippen LogP contribution in [0.5, 0.6) is 11.5 Å². The number of nitrogens with one attached hydrogen (secondary N) is 1. The van der Waals surface area contributed by atoms with Crippen molar-refractivity contribution >= 4 is 16.9 Å². The van der Waals surface area contributed by atoms with Crippen LogP contribution in [0.2, 0.25) is 0 Å². The topological polar surface area (TPSA) is 65.4 Å². The van der Waals surface area contributed by atoms with Gasteiger partial charge in [0.2, 0.25) is 0 Å². The second-order valence-electron chi connectivity index (χ2n) is 8.27. The molecule has 0 spiro atoms. The molecule has 0 bridgehead atoms. The van der Waals surface area contributed by atoms with E-state index < -0.39 is 0 Å². The summed E-state index contributed by atoms with van der Waals surface area (Å²) in [5.74, 6) is 2.21. The molecule has 1 heterocycles. The highest BCUT2D eigenvalue weighted by atomic mass is 16.5. The highest BCUT2D eigenvalue weighted by molar-refractivity contribution is 5.94. The third kappa shape index (κ3) is 5.22. The molecule has 4 rings (SSSR count). The maximum atomic E-state index is 13.3. The fourth-order valence-corrected chi connectivity index (χ4v) is 4.11. The lowest BCUT2D eigenvalue weighted by molar-refractivity contribution is 0.0934. The standard InChI is InChI=1S/C28H31N3O3/c1-4-5-17-31-26-19-23(34-3)15-16-24(26)29-27(31)25(18-20-9-7-6-8-10-20)30-28(32)21-11-13-22(33-2)14-12-21/h6-16,19,25H,4-5,17-18H2,1-3H3,(H,30,32). The number of carbonyl (C=O) groups excluding carboxylic acids is 1. The highest BCUT2D eigenvalue weighted by Crippen LogP contribution is 2.28. The van der Waals surface area contributed by atoms with Crippen LogP contribution in [0.25, 0.3) is 11.0 Å². The number of hydrogen-bond donors (Lipinski definition) is 1. The maximum Gasteiger partial charge on any atom is 0.251 e. The molecule has 1 amide bonds. The fourth-order valence-electron chi connectivity index (χ4n) is 4.11. The Kier molecular flexibility index (Phi) is 7.48. The van der Waals surface area contributed by atoms with Crippen molar-refractivity contribution in [3.8, 4) is 11.5 Å². The van der Waals surface area contributed by atoms with E-state index in [-0.39, 0.29) is 11.9 Å². The van der Waals surface area contributed by atoms with Crippen molar-refractivity contribution in [3.63, 3.8) is 0 Å². The van der Waals surface area contributed by atoms with Gasteiger partial charge in [-0.25, -0.2) is 4.98 Å². The lowest BCUT2D eigenvalue weighted by Crippen LogP contribution is -2.32. The number of rotatable bonds is 10. The molecule has 0 saturated carbocycles. The number of aromatic nitrogens is 2. The second kappa shape index (κ2) is 10.9. The second-order valence-corrected chi connectivity index (χ2v) is 8.27. The molecule has 0 aliphatic heterocycles. The van der Waals surface area contributed by atoms with Crippen LogP contribution in [0.1, 0.15) is 47.6 Å². The smallest absolute Gasteiger partial charge is 0.251 e. The van der Waals surface area contributed by atoms with Crippen LogP contribution in [-0.4, -0.2) is 29.7 Å². The van der Waals surface area contributed by atoms with Gasteiger partial charge in [-0.3, -0.25) is 4.79 Å². The molecule has 1 atom stereocenters. The van der Waals surface area contributed by atoms with Gasteiger partial charge in [0.1, 0.15) is 17.3 Å². The Morgan fingerprint density at radius 1 is 0.971 bits per heavy atom. The first-order valence-corrected chi connectivity index (χ1v) is 11.7. The molecule has 1 unspecified atom stereocenters. The maximum absolute atomic E-state index is 13.3. The van der Waals surface area contributed by atoms with Gasteiger partial charge in [0.05, 0.1) is 31.3 Å². The number of fused-ring (bicyclic) bond motifs is 1. The first-order chi connectivity index (χ1) is 16.6. The summed E-state index contributed by atoms with van der Waals surface area (Å²) in [5.41, 5.74) is 3.62. The van der Waals surface area contributed by atoms with E-state index in [1.807, 2.05) is 36.4 Å². The van der Waals surface area contributed by atoms with Gasteiger partial charge in [0.25, 0.3) is 5.91 Å². The van der Waals surface area contributed by atoms with Crippen molar-refractivity contribution in [3.05, 3.63) is 89.7 Å². The van der Waals surface area contributed by atoms with Crippen LogP contribution >= 0.6 is 0 Å². The zero-order valence-corrected chi connectivity index (χ0v) is 20.0. The largest absolute Gasteiger partial charge is 0.497 e. The van der Waals surface area contributed by atoms with Crippen LogP contribution in [0.3, 0.4) is 0 Å². The molecule has 6 nitrogen and oxygen atoms in total. The minimum Gasteiger partial charge on any atom is -0.497 e. The Morgan fingerprint density at radius 2 is 1.68 bits per heavy atom. The monoisotopic (exact) mass is 457 g/mol. The number of ether oxygens (including phenoxy) is 2. The molecule has 1 aromatic heterocycles. The average Bonchev–Trinajstić information content (AvgIpc) is 3.25. The van der Waals surface area contributed by atoms with Gasteiger partial charge in [-0.2, -0.15) is 0 Å². The van der Waals surface area contributed by atoms with E-state index in [0.717, 1.165) is 47.6 Å². The van der Waals surface area contributed by atoms with Gasteiger partial charge in [-0.15, -0.1) is 0 Å². The average molecular weight is 458 g/mol. The van der Waals surface area contributed by atoms with Crippen molar-refractivity contribution < 1.29 is 14.3 Å². The van der Waals surface area contributed by atoms with Crippen LogP contribution in [0.15, 0.2) is 72.8 Å². The zero-order valence-electron chi connectivity index (χ0n) is 20.0. The van der Waals surface area contributed by atoms with E-state index in [2.05, 4.69) is 28.9 Å². The first kappa shape index (κ1) is 23.4. The van der Waals surface area contributed by atoms with E-state index in [9.17, 15) is 4.79 Å². The van der Waals surface area contributed by atoms with Gasteiger partial charge >= 0.3 is 0 Å². The highest BCUT2D eigenvalue weighted by Gasteiger charge is 2.23. The molecule has 1 N–H and O–H groups in total. The third-order valence-electron chi connectivity index (χ3n) is 5.97. The summed E-state index contributed by atoms with van der Waals surface area (Å²) >= 11 is 0. The lowest BCUT2D eigenvalue weighted by atomic mass is 10.0. The van der Waals surface area contributed by atoms with Crippen molar-refractivity contribution in [1.82, 2.24) is 14.9 Å². The molecule has 6 heteroatoms. The van der Waals surface area contributed by atoms with Crippen LogP contribution in [-0.2, 0) is 13.0 Å². The molecule has 0 radical (unpaired) electrons. The van der Waals surface area contributed by atoms with Gasteiger partial charge in [-0.05, 0) is 54.8 Å². The number of unbranched alkanes of at least 4 members (excludes halogenated alkanes) is 1. The summed E-state index contributed by atoms with van der Waals surface area (Å²) in [6.07, 6.45) is 2.71. The van der Waals surface area contributed by atoms with Crippen molar-refractivity contribution in [2.45, 2.75) is 38.8 Å². The van der Waals surface area contributed by atoms with Crippen LogP contribution < -0.4 is 14.8 Å². The third-order valence-corrected chi connectivity index (χ3v) is 5.97. The number of imidazole rings is 1. The predicted molar refractivity (Wildman–Crippen MR) is 135 cm³/mol. The summed E-state index contributed by atoms with van der Waals surface area (Å²) in [5, 5.41) is 3.25. The Bertz CT molecular complexity index is 1230. The van der Waals surface area contributed by atoms with Gasteiger partial charge < -0.3 is 19.4 Å². The van der Waals surface area contributed by atoms with Gasteiger partial charge in [0, 0.05) is 18.2 Å². The molecule has 3 aromatic carbocycles. The quantitative estimate of drug-likeness (QED) is 0.338. The van der Waals surface area contributed by atoms with Crippen molar-refractivity contribution in [1.29, 1.82) is 0 Å². The normalized spacial score (nSPS) is 11.9. The Hall–Kier alpha value is -3.80. The molecule has 0 fully saturated rings. The molecular weight excluding hydrogens is 426 g/mol. The van der Waals surface area contributed by atoms with E-state index in [4.69, 9.17) is 14.5 Å². The molecule has 0 saturated heterocycles. The number of aryl methyl sites for hydroxylation is 1. The molecule has 0 aliphatic carbocycles. The lowest BCUT2D eigenvalue weighted by Gasteiger charge is -2.21. The van der Waals surface area contributed by atoms with E-state index in [1.54, 1.807) is 38.5 Å². The number of carbonyl (C=O) groups is 1. The van der Waals surface area contributed by atoms with Gasteiger partial charge in [-0.1, -0.05) is 43.7 Å². The van der Waals surface area contributed by atoms with Crippen LogP contribution in [0.4, 0.5) is 0 Å². The van der Waals surface area contributed by atoms with E-state index in [0.29, 0.717) is 17.7 Å². The summed E-state index contributed by atoms with van der Waals surface area (Å²) < 4.78 is 12.9. The van der Waals surface area contributed by atoms with Crippen LogP contribution in [0, 0.1) is 0 Å². The Morgan fingerprint density at radius 3 is 2.35 bits per heavy atom. The summed E-state index contributed by atoms with van der Waals surface area (Å²) in [6, 6.07) is 23.0. The predicted octanol–water partition coefficient (Wildman–Crippen LogP) is 5.57. The van der Waals surface area contributed by atoms with Crippen molar-refractivity contribution in [2.24, 2.45) is 0 Å². The Balaban J connectivity index is 1.74. The minimum absolute atomic E-state index is 0.143. The number of hydrogen-bond acceptors (Lipinski definition) is 4. The summed E-state index contributed by atoms with van der Waals surface area (Å²) in [7, 11) is 3.28. The summed E-state index contributed by atoms with van der Waals surface area (Å²) in [4.78, 5) is 18.2. The molecule has 176 valence electrons. The number of nitrogens with zero attached hydrogens (tertiary/aromatic N) is 2. The minimum atomic E-state index is -0.299. The molecule has 0 aliphatic rings. The van der Waals surface area contributed by atoms with E-state index >= 15 is 0 Å². The first-order valence-electron chi connectivity index (χ1n) is 11.7. The molecule has 4 aromatic rings. The summed E-state index contributed by atoms with van der Waals surface area (Å²) in [6.45, 7) is 2.99. The zero-order chi connectivity index (χ0) is 23.9. The number of methoxy groups -OCH3 is 2. The number of benzene rings is 3. The Labute approximate surface area is 200 Å². The number of amides is 1. The van der Waals surface area contributed by atoms with Gasteiger partial charge in [0.15, 0.2) is 0 Å². The molecular formula is C28H31N3O3. The van der Waals surface area contributed by atoms with Crippen molar-refractivity contribution in [2.75, 3.05) is 14.2 Å². The SMILES string of the molecule is CCCCn1c(C(Cc2ccccc2)NC(=O)c2ccc(OC)cc2)nc2ccc(OC)cc21. The molecule has 34 heavy (non-hydrogen) atoms. The van der Waals surface area contributed by atoms with E-state index in [1.165, 1.54) is 0 Å². The fraction of sp³-hybridized carbons (Fsp3) is 0.286.